The quantitative estimate of drug-likeness (QED) is 0.127. The molecule has 60 heavy (non-hydrogen) atoms. The minimum Gasteiger partial charge on any atom is -0.370 e. The van der Waals surface area contributed by atoms with E-state index in [1.807, 2.05) is 59.9 Å². The number of fused-ring (bicyclic) bond motifs is 2. The lowest BCUT2D eigenvalue weighted by atomic mass is 9.97. The van der Waals surface area contributed by atoms with Gasteiger partial charge in [0.2, 0.25) is 57.3 Å². The molecule has 0 aromatic carbocycles. The van der Waals surface area contributed by atoms with E-state index < -0.39 is 90.4 Å². The lowest BCUT2D eigenvalue weighted by molar-refractivity contribution is -0.709. The Morgan fingerprint density at radius 2 is 1.35 bits per heavy atom. The number of aryl methyl sites for hydroxylation is 2. The number of primary amides is 2. The molecule has 326 valence electrons. The van der Waals surface area contributed by atoms with Crippen LogP contribution in [-0.4, -0.2) is 114 Å². The van der Waals surface area contributed by atoms with E-state index in [1.165, 1.54) is 23.5 Å². The molecule has 6 atom stereocenters. The molecule has 2 aromatic heterocycles. The number of aromatic nitrogens is 2. The fourth-order valence-corrected chi connectivity index (χ4v) is 8.48. The lowest BCUT2D eigenvalue weighted by Gasteiger charge is -2.28. The predicted octanol–water partition coefficient (Wildman–Crippen LogP) is -2.61. The van der Waals surface area contributed by atoms with Crippen LogP contribution in [0.3, 0.4) is 0 Å². The molecule has 4 bridgehead atoms. The maximum absolute atomic E-state index is 13.9. The fourth-order valence-electron chi connectivity index (χ4n) is 6.58. The number of likely N-dealkylation sites (tertiary alicyclic amines) is 1. The molecule has 0 spiro atoms. The third-order valence-corrected chi connectivity index (χ3v) is 12.7. The summed E-state index contributed by atoms with van der Waals surface area (Å²) in [6.07, 6.45) is 4.61. The number of rotatable bonds is 8. The van der Waals surface area contributed by atoms with Crippen molar-refractivity contribution in [2.75, 3.05) is 31.1 Å². The van der Waals surface area contributed by atoms with Crippen molar-refractivity contribution in [3.63, 3.8) is 0 Å². The maximum atomic E-state index is 13.9. The first-order valence-electron chi connectivity index (χ1n) is 19.8. The van der Waals surface area contributed by atoms with Crippen molar-refractivity contribution in [3.8, 4) is 11.1 Å². The predicted molar refractivity (Wildman–Crippen MR) is 222 cm³/mol. The first-order valence-corrected chi connectivity index (χ1v) is 21.8. The number of nitrogens with one attached hydrogen (secondary N) is 5. The molecular weight excluding hydrogens is 815 g/mol. The summed E-state index contributed by atoms with van der Waals surface area (Å²) in [6, 6.07) is 1.43. The topological polar surface area (TPSA) is 286 Å². The highest BCUT2D eigenvalue weighted by molar-refractivity contribution is 7.99. The molecule has 1 fully saturated rings. The molecule has 11 N–H and O–H groups in total. The van der Waals surface area contributed by atoms with Crippen LogP contribution in [0.2, 0.25) is 0 Å². The van der Waals surface area contributed by atoms with E-state index in [2.05, 4.69) is 26.6 Å². The van der Waals surface area contributed by atoms with Crippen LogP contribution in [-0.2, 0) is 52.5 Å². The zero-order valence-corrected chi connectivity index (χ0v) is 36.0. The number of thioether (sulfide) groups is 2. The number of pyridine rings is 2. The smallest absolute Gasteiger partial charge is 0.246 e. The second-order valence-corrected chi connectivity index (χ2v) is 17.1. The number of amides is 8. The first kappa shape index (κ1) is 47.4. The molecule has 8 amide bonds. The Morgan fingerprint density at radius 3 is 1.90 bits per heavy atom. The molecule has 2 aromatic rings. The third kappa shape index (κ3) is 13.6. The lowest BCUT2D eigenvalue weighted by Crippen LogP contribution is -2.60. The molecule has 1 saturated heterocycles. The zero-order valence-electron chi connectivity index (χ0n) is 34.4. The van der Waals surface area contributed by atoms with Crippen LogP contribution in [0.5, 0.6) is 0 Å². The standard InChI is InChI=1S/C39H55N11O8S2/c1-5-22(2)34-38(57)44-26(10-11-29(41)51)36(55)45-27(16-30(42)52)37(56)46-28(39(58)50-14-6-7-15-50)21-60-33-13-9-24(19-49(33)4)23-8-12-32(48(3)18-23)59-20-25(40)35(54)43-17-31(53)47-34/h8-9,12-13,18-19,22,25-28,34H,5-7,10-11,14-17,20-21,40H2,1-4H3,(H7-2,41,42,43,44,45,46,47,51,52,53,54,55,56,57)/p+2. The molecule has 0 aliphatic carbocycles. The van der Waals surface area contributed by atoms with Crippen LogP contribution in [0.25, 0.3) is 11.1 Å². The van der Waals surface area contributed by atoms with Gasteiger partial charge in [-0.3, -0.25) is 38.4 Å². The summed E-state index contributed by atoms with van der Waals surface area (Å²) in [5.41, 5.74) is 18.9. The number of nitrogens with zero attached hydrogens (tertiary/aromatic N) is 3. The summed E-state index contributed by atoms with van der Waals surface area (Å²) in [5.74, 6) is -6.08. The van der Waals surface area contributed by atoms with Crippen molar-refractivity contribution < 1.29 is 47.5 Å². The molecule has 4 aliphatic heterocycles. The Hall–Kier alpha value is -5.28. The zero-order chi connectivity index (χ0) is 44.1. The van der Waals surface area contributed by atoms with Crippen LogP contribution in [0.1, 0.15) is 52.4 Å². The Bertz CT molecular complexity index is 1950. The van der Waals surface area contributed by atoms with Crippen molar-refractivity contribution in [2.45, 2.75) is 92.6 Å². The van der Waals surface area contributed by atoms with E-state index >= 15 is 0 Å². The van der Waals surface area contributed by atoms with Crippen LogP contribution in [0.15, 0.2) is 46.7 Å². The van der Waals surface area contributed by atoms with Gasteiger partial charge in [-0.1, -0.05) is 43.8 Å². The molecule has 21 heteroatoms. The van der Waals surface area contributed by atoms with Crippen LogP contribution in [0, 0.1) is 5.92 Å². The average molecular weight is 872 g/mol. The molecule has 0 saturated carbocycles. The average Bonchev–Trinajstić information content (AvgIpc) is 3.75. The van der Waals surface area contributed by atoms with Crippen molar-refractivity contribution in [3.05, 3.63) is 36.7 Å². The van der Waals surface area contributed by atoms with E-state index in [1.54, 1.807) is 18.7 Å². The summed E-state index contributed by atoms with van der Waals surface area (Å²) in [5, 5.41) is 14.5. The molecule has 4 aliphatic rings. The van der Waals surface area contributed by atoms with Crippen LogP contribution < -0.4 is 52.9 Å². The second-order valence-electron chi connectivity index (χ2n) is 15.0. The number of hydrogen-bond donors (Lipinski definition) is 8. The number of hydrogen-bond acceptors (Lipinski definition) is 11. The molecule has 6 rings (SSSR count). The van der Waals surface area contributed by atoms with Gasteiger partial charge in [0.25, 0.3) is 0 Å². The largest absolute Gasteiger partial charge is 0.370 e. The van der Waals surface area contributed by atoms with Gasteiger partial charge in [-0.25, -0.2) is 0 Å². The molecular formula is C39H57N11O8S2+2. The minimum absolute atomic E-state index is 0.104. The maximum Gasteiger partial charge on any atom is 0.246 e. The summed E-state index contributed by atoms with van der Waals surface area (Å²) in [7, 11) is 3.73. The summed E-state index contributed by atoms with van der Waals surface area (Å²) < 4.78 is 3.82. The second kappa shape index (κ2) is 22.4. The number of nitrogens with two attached hydrogens (primary N) is 3. The minimum atomic E-state index is -1.57. The monoisotopic (exact) mass is 871 g/mol. The Labute approximate surface area is 357 Å². The van der Waals surface area contributed by atoms with E-state index in [-0.39, 0.29) is 30.3 Å². The highest BCUT2D eigenvalue weighted by atomic mass is 32.2. The van der Waals surface area contributed by atoms with Gasteiger partial charge in [0.05, 0.1) is 30.1 Å². The van der Waals surface area contributed by atoms with Gasteiger partial charge in [-0.05, 0) is 37.3 Å². The van der Waals surface area contributed by atoms with Gasteiger partial charge < -0.3 is 48.7 Å². The number of carbonyl (C=O) groups excluding carboxylic acids is 8. The van der Waals surface area contributed by atoms with Gasteiger partial charge in [0, 0.05) is 43.1 Å². The van der Waals surface area contributed by atoms with Gasteiger partial charge >= 0.3 is 0 Å². The molecule has 6 heterocycles. The Kier molecular flexibility index (Phi) is 17.7. The van der Waals surface area contributed by atoms with Gasteiger partial charge in [0.1, 0.15) is 38.3 Å². The Balaban J connectivity index is 1.70. The fraction of sp³-hybridized carbons (Fsp3) is 0.538. The van der Waals surface area contributed by atoms with E-state index in [0.717, 1.165) is 34.0 Å². The third-order valence-electron chi connectivity index (χ3n) is 10.3. The Morgan fingerprint density at radius 1 is 0.783 bits per heavy atom. The van der Waals surface area contributed by atoms with Gasteiger partial charge in [0.15, 0.2) is 12.4 Å². The van der Waals surface area contributed by atoms with Gasteiger partial charge in [-0.2, -0.15) is 9.13 Å². The van der Waals surface area contributed by atoms with Gasteiger partial charge in [-0.15, -0.1) is 0 Å². The summed E-state index contributed by atoms with van der Waals surface area (Å²) in [4.78, 5) is 107. The van der Waals surface area contributed by atoms with Crippen molar-refractivity contribution in [2.24, 2.45) is 37.2 Å². The van der Waals surface area contributed by atoms with E-state index in [4.69, 9.17) is 17.2 Å². The SMILES string of the molecule is CCC(C)C1NC(=O)CNC(=O)C(N)CSc2ccc(c[n+]2C)-c2ccc([n+](C)c2)SCC(C(=O)N2CCCC2)NC(=O)C(CC(N)=O)NC(=O)C(CCC(N)=O)NC1=O. The van der Waals surface area contributed by atoms with Crippen molar-refractivity contribution >= 4 is 70.8 Å². The normalized spacial score (nSPS) is 23.3. The van der Waals surface area contributed by atoms with Crippen molar-refractivity contribution in [1.29, 1.82) is 0 Å². The van der Waals surface area contributed by atoms with Crippen LogP contribution >= 0.6 is 23.5 Å². The summed E-state index contributed by atoms with van der Waals surface area (Å²) in [6.45, 7) is 4.01. The summed E-state index contributed by atoms with van der Waals surface area (Å²) >= 11 is 2.69. The first-order chi connectivity index (χ1) is 28.5. The molecule has 19 nitrogen and oxygen atoms in total. The molecule has 0 radical (unpaired) electrons. The van der Waals surface area contributed by atoms with E-state index in [0.29, 0.717) is 19.5 Å². The van der Waals surface area contributed by atoms with Crippen LogP contribution in [0.4, 0.5) is 0 Å². The van der Waals surface area contributed by atoms with Crippen molar-refractivity contribution in [1.82, 2.24) is 31.5 Å². The highest BCUT2D eigenvalue weighted by Gasteiger charge is 2.35. The molecule has 6 unspecified atom stereocenters. The van der Waals surface area contributed by atoms with E-state index in [9.17, 15) is 38.4 Å². The highest BCUT2D eigenvalue weighted by Crippen LogP contribution is 2.24. The number of carbonyl (C=O) groups is 8.